The third-order valence-corrected chi connectivity index (χ3v) is 4.02. The molecule has 1 rings (SSSR count). The minimum absolute atomic E-state index is 0.0994. The molecule has 0 aromatic heterocycles. The molecule has 7 heteroatoms. The molecule has 5 nitrogen and oxygen atoms in total. The molecule has 0 aliphatic heterocycles. The lowest BCUT2D eigenvalue weighted by Crippen LogP contribution is -2.30. The lowest BCUT2D eigenvalue weighted by molar-refractivity contribution is -0.137. The zero-order valence-electron chi connectivity index (χ0n) is 10.5. The normalized spacial score (nSPS) is 13.2. The summed E-state index contributed by atoms with van der Waals surface area (Å²) >= 11 is 0. The highest BCUT2D eigenvalue weighted by atomic mass is 32.2. The van der Waals surface area contributed by atoms with Crippen molar-refractivity contribution in [1.82, 2.24) is 4.72 Å². The molecule has 1 aromatic carbocycles. The molecule has 0 heterocycles. The van der Waals surface area contributed by atoms with E-state index in [0.717, 1.165) is 0 Å². The maximum absolute atomic E-state index is 12.8. The number of carboxylic acids is 1. The van der Waals surface area contributed by atoms with Crippen LogP contribution in [0.25, 0.3) is 0 Å². The molecule has 1 unspecified atom stereocenters. The number of carboxylic acid groups (broad SMARTS) is 1. The number of sulfonamides is 1. The minimum Gasteiger partial charge on any atom is -0.481 e. The minimum atomic E-state index is -3.46. The molecule has 0 spiro atoms. The van der Waals surface area contributed by atoms with E-state index in [-0.39, 0.29) is 18.6 Å². The quantitative estimate of drug-likeness (QED) is 0.799. The second kappa shape index (κ2) is 6.63. The van der Waals surface area contributed by atoms with Crippen molar-refractivity contribution in [3.8, 4) is 0 Å². The van der Waals surface area contributed by atoms with Gasteiger partial charge in [-0.25, -0.2) is 17.5 Å². The first kappa shape index (κ1) is 15.6. The summed E-state index contributed by atoms with van der Waals surface area (Å²) in [5, 5.41) is 8.67. The predicted molar refractivity (Wildman–Crippen MR) is 68.6 cm³/mol. The lowest BCUT2D eigenvalue weighted by Gasteiger charge is -2.18. The molecule has 0 bridgehead atoms. The zero-order valence-corrected chi connectivity index (χ0v) is 11.3. The summed E-state index contributed by atoms with van der Waals surface area (Å²) in [5.41, 5.74) is 0.541. The molecule has 0 fully saturated rings. The highest BCUT2D eigenvalue weighted by molar-refractivity contribution is 7.89. The molecule has 0 saturated carbocycles. The summed E-state index contributed by atoms with van der Waals surface area (Å²) in [7, 11) is -3.46. The van der Waals surface area contributed by atoms with E-state index in [9.17, 15) is 17.6 Å². The fraction of sp³-hybridized carbons (Fsp3) is 0.417. The van der Waals surface area contributed by atoms with E-state index in [4.69, 9.17) is 5.11 Å². The number of carbonyl (C=O) groups is 1. The third-order valence-electron chi connectivity index (χ3n) is 2.62. The van der Waals surface area contributed by atoms with Crippen LogP contribution in [0.4, 0.5) is 4.39 Å². The fourth-order valence-electron chi connectivity index (χ4n) is 1.56. The Hall–Kier alpha value is -1.47. The van der Waals surface area contributed by atoms with Crippen molar-refractivity contribution in [3.05, 3.63) is 35.6 Å². The summed E-state index contributed by atoms with van der Waals surface area (Å²) in [4.78, 5) is 10.6. The molecule has 0 saturated heterocycles. The van der Waals surface area contributed by atoms with Gasteiger partial charge in [0.15, 0.2) is 0 Å². The standard InChI is InChI=1S/C12H16FNO4S/c1-2-19(17,18)14-11(7-8-12(15)16)9-3-5-10(13)6-4-9/h3-6,11,14H,2,7-8H2,1H3,(H,15,16). The van der Waals surface area contributed by atoms with Crippen molar-refractivity contribution in [2.45, 2.75) is 25.8 Å². The van der Waals surface area contributed by atoms with Crippen molar-refractivity contribution in [1.29, 1.82) is 0 Å². The van der Waals surface area contributed by atoms with Crippen molar-refractivity contribution in [3.63, 3.8) is 0 Å². The van der Waals surface area contributed by atoms with E-state index < -0.39 is 27.9 Å². The molecule has 0 aliphatic carbocycles. The van der Waals surface area contributed by atoms with E-state index in [0.29, 0.717) is 5.56 Å². The van der Waals surface area contributed by atoms with Gasteiger partial charge >= 0.3 is 5.97 Å². The fourth-order valence-corrected chi connectivity index (χ4v) is 2.41. The monoisotopic (exact) mass is 289 g/mol. The average molecular weight is 289 g/mol. The van der Waals surface area contributed by atoms with Crippen LogP contribution < -0.4 is 4.72 Å². The van der Waals surface area contributed by atoms with Gasteiger partial charge in [0.05, 0.1) is 5.75 Å². The van der Waals surface area contributed by atoms with Gasteiger partial charge in [0.25, 0.3) is 0 Å². The van der Waals surface area contributed by atoms with Crippen molar-refractivity contribution in [2.75, 3.05) is 5.75 Å². The first-order chi connectivity index (χ1) is 8.84. The first-order valence-corrected chi connectivity index (χ1v) is 7.46. The molecule has 0 radical (unpaired) electrons. The maximum Gasteiger partial charge on any atom is 0.303 e. The van der Waals surface area contributed by atoms with Crippen LogP contribution in [0.15, 0.2) is 24.3 Å². The van der Waals surface area contributed by atoms with Gasteiger partial charge in [-0.1, -0.05) is 12.1 Å². The Morgan fingerprint density at radius 2 is 1.95 bits per heavy atom. The summed E-state index contributed by atoms with van der Waals surface area (Å²) in [6.07, 6.45) is -0.0610. The highest BCUT2D eigenvalue weighted by Crippen LogP contribution is 2.20. The van der Waals surface area contributed by atoms with E-state index in [1.807, 2.05) is 0 Å². The van der Waals surface area contributed by atoms with Gasteiger partial charge < -0.3 is 5.11 Å². The first-order valence-electron chi connectivity index (χ1n) is 5.81. The van der Waals surface area contributed by atoms with Gasteiger partial charge in [-0.05, 0) is 31.0 Å². The Morgan fingerprint density at radius 3 is 2.42 bits per heavy atom. The van der Waals surface area contributed by atoms with Gasteiger partial charge in [-0.2, -0.15) is 0 Å². The highest BCUT2D eigenvalue weighted by Gasteiger charge is 2.19. The molecule has 2 N–H and O–H groups in total. The summed E-state index contributed by atoms with van der Waals surface area (Å²) in [6.45, 7) is 1.49. The van der Waals surface area contributed by atoms with E-state index in [1.54, 1.807) is 0 Å². The average Bonchev–Trinajstić information content (AvgIpc) is 2.35. The molecule has 0 amide bonds. The molecule has 106 valence electrons. The SMILES string of the molecule is CCS(=O)(=O)NC(CCC(=O)O)c1ccc(F)cc1. The van der Waals surface area contributed by atoms with Crippen LogP contribution in [0.2, 0.25) is 0 Å². The second-order valence-corrected chi connectivity index (χ2v) is 6.10. The van der Waals surface area contributed by atoms with Crippen LogP contribution in [-0.4, -0.2) is 25.2 Å². The second-order valence-electron chi connectivity index (χ2n) is 4.06. The summed E-state index contributed by atoms with van der Waals surface area (Å²) < 4.78 is 38.4. The largest absolute Gasteiger partial charge is 0.481 e. The van der Waals surface area contributed by atoms with Crippen LogP contribution in [0.5, 0.6) is 0 Å². The van der Waals surface area contributed by atoms with Crippen molar-refractivity contribution < 1.29 is 22.7 Å². The number of aliphatic carboxylic acids is 1. The van der Waals surface area contributed by atoms with Crippen LogP contribution in [0, 0.1) is 5.82 Å². The zero-order chi connectivity index (χ0) is 14.5. The molecule has 19 heavy (non-hydrogen) atoms. The molecule has 1 aromatic rings. The van der Waals surface area contributed by atoms with Gasteiger partial charge in [0.1, 0.15) is 5.82 Å². The van der Waals surface area contributed by atoms with Gasteiger partial charge in [0.2, 0.25) is 10.0 Å². The van der Waals surface area contributed by atoms with Gasteiger partial charge in [-0.15, -0.1) is 0 Å². The Bertz CT molecular complexity index is 527. The van der Waals surface area contributed by atoms with Gasteiger partial charge in [0, 0.05) is 12.5 Å². The summed E-state index contributed by atoms with van der Waals surface area (Å²) in [6, 6.07) is 4.65. The Balaban J connectivity index is 2.91. The number of hydrogen-bond acceptors (Lipinski definition) is 3. The van der Waals surface area contributed by atoms with Crippen LogP contribution >= 0.6 is 0 Å². The predicted octanol–water partition coefficient (Wildman–Crippen LogP) is 1.67. The maximum atomic E-state index is 12.8. The smallest absolute Gasteiger partial charge is 0.303 e. The number of hydrogen-bond donors (Lipinski definition) is 2. The van der Waals surface area contributed by atoms with Crippen LogP contribution in [0.3, 0.4) is 0 Å². The Kier molecular flexibility index (Phi) is 5.44. The Labute approximate surface area is 111 Å². The molecule has 1 atom stereocenters. The topological polar surface area (TPSA) is 83.5 Å². The van der Waals surface area contributed by atoms with Crippen molar-refractivity contribution >= 4 is 16.0 Å². The third kappa shape index (κ3) is 5.35. The van der Waals surface area contributed by atoms with Crippen LogP contribution in [0.1, 0.15) is 31.4 Å². The number of halogens is 1. The van der Waals surface area contributed by atoms with E-state index >= 15 is 0 Å². The molecule has 0 aliphatic rings. The van der Waals surface area contributed by atoms with E-state index in [1.165, 1.54) is 31.2 Å². The number of benzene rings is 1. The van der Waals surface area contributed by atoms with Crippen LogP contribution in [-0.2, 0) is 14.8 Å². The Morgan fingerprint density at radius 1 is 1.37 bits per heavy atom. The lowest BCUT2D eigenvalue weighted by atomic mass is 10.0. The van der Waals surface area contributed by atoms with Gasteiger partial charge in [-0.3, -0.25) is 4.79 Å². The van der Waals surface area contributed by atoms with Crippen molar-refractivity contribution in [2.24, 2.45) is 0 Å². The number of rotatable bonds is 7. The molecular weight excluding hydrogens is 273 g/mol. The molecular formula is C12H16FNO4S. The van der Waals surface area contributed by atoms with E-state index in [2.05, 4.69) is 4.72 Å². The summed E-state index contributed by atoms with van der Waals surface area (Å²) in [5.74, 6) is -1.54. The number of nitrogens with one attached hydrogen (secondary N) is 1.